The standard InChI is InChI=1S/C12H11F17N2O2S/c1-3-30-4(2)31-34(32,33)12(28,29)10(23,24)8(19,20)6(15,16)5(13,14)7(17,18)9(21,22)11(25,26)27/h4,30-31H,3H2,1-2H3. The maximum Gasteiger partial charge on any atom is 0.460 e. The quantitative estimate of drug-likeness (QED) is 0.277. The Morgan fingerprint density at radius 3 is 1.18 bits per heavy atom. The minimum atomic E-state index is -8.84. The summed E-state index contributed by atoms with van der Waals surface area (Å²) in [6, 6.07) is 0. The van der Waals surface area contributed by atoms with Gasteiger partial charge in [-0.2, -0.15) is 79.4 Å². The van der Waals surface area contributed by atoms with Crippen LogP contribution in [0.15, 0.2) is 0 Å². The molecule has 0 aromatic heterocycles. The fraction of sp³-hybridized carbons (Fsp3) is 1.00. The summed E-state index contributed by atoms with van der Waals surface area (Å²) in [5, 5.41) is -5.71. The first-order chi connectivity index (χ1) is 14.5. The van der Waals surface area contributed by atoms with Crippen LogP contribution < -0.4 is 10.0 Å². The lowest BCUT2D eigenvalue weighted by Gasteiger charge is -2.42. The topological polar surface area (TPSA) is 58.2 Å². The van der Waals surface area contributed by atoms with E-state index in [1.54, 1.807) is 0 Å². The highest BCUT2D eigenvalue weighted by molar-refractivity contribution is 7.90. The number of rotatable bonds is 11. The Morgan fingerprint density at radius 1 is 0.588 bits per heavy atom. The number of sulfonamides is 1. The number of alkyl halides is 17. The highest BCUT2D eigenvalue weighted by atomic mass is 32.2. The van der Waals surface area contributed by atoms with E-state index in [0.29, 0.717) is 11.6 Å². The van der Waals surface area contributed by atoms with E-state index in [4.69, 9.17) is 0 Å². The fourth-order valence-corrected chi connectivity index (χ4v) is 3.14. The Labute approximate surface area is 177 Å². The molecule has 0 spiro atoms. The van der Waals surface area contributed by atoms with Crippen molar-refractivity contribution in [3.63, 3.8) is 0 Å². The molecule has 0 aromatic rings. The van der Waals surface area contributed by atoms with Crippen molar-refractivity contribution < 1.29 is 83.1 Å². The van der Waals surface area contributed by atoms with Gasteiger partial charge >= 0.3 is 47.0 Å². The molecule has 4 nitrogen and oxygen atoms in total. The van der Waals surface area contributed by atoms with E-state index in [2.05, 4.69) is 0 Å². The summed E-state index contributed by atoms with van der Waals surface area (Å²) in [4.78, 5) is 0. The van der Waals surface area contributed by atoms with Crippen LogP contribution in [0.2, 0.25) is 0 Å². The Bertz CT molecular complexity index is 836. The monoisotopic (exact) mass is 570 g/mol. The summed E-state index contributed by atoms with van der Waals surface area (Å²) in [5.41, 5.74) is 0. The average molecular weight is 570 g/mol. The molecule has 1 unspecified atom stereocenters. The van der Waals surface area contributed by atoms with Gasteiger partial charge in [0.15, 0.2) is 0 Å². The minimum absolute atomic E-state index is 0.339. The van der Waals surface area contributed by atoms with E-state index in [0.717, 1.165) is 6.92 Å². The smallest absolute Gasteiger partial charge is 0.302 e. The van der Waals surface area contributed by atoms with Gasteiger partial charge in [0.1, 0.15) is 0 Å². The summed E-state index contributed by atoms with van der Waals surface area (Å²) < 4.78 is 246. The van der Waals surface area contributed by atoms with Crippen molar-refractivity contribution in [2.45, 2.75) is 67.0 Å². The van der Waals surface area contributed by atoms with Gasteiger partial charge in [0.05, 0.1) is 6.17 Å². The molecule has 0 radical (unpaired) electrons. The Balaban J connectivity index is 6.83. The fourth-order valence-electron chi connectivity index (χ4n) is 1.97. The lowest BCUT2D eigenvalue weighted by molar-refractivity contribution is -0.458. The van der Waals surface area contributed by atoms with E-state index >= 15 is 0 Å². The van der Waals surface area contributed by atoms with Crippen LogP contribution in [0, 0.1) is 0 Å². The van der Waals surface area contributed by atoms with Gasteiger partial charge in [-0.1, -0.05) is 6.92 Å². The van der Waals surface area contributed by atoms with Crippen molar-refractivity contribution in [2.24, 2.45) is 0 Å². The van der Waals surface area contributed by atoms with E-state index in [-0.39, 0.29) is 6.54 Å². The van der Waals surface area contributed by atoms with Gasteiger partial charge in [-0.3, -0.25) is 0 Å². The zero-order valence-electron chi connectivity index (χ0n) is 15.9. The maximum atomic E-state index is 13.7. The zero-order chi connectivity index (χ0) is 28.2. The van der Waals surface area contributed by atoms with E-state index < -0.39 is 63.2 Å². The molecule has 0 aliphatic heterocycles. The first kappa shape index (κ1) is 32.7. The molecular weight excluding hydrogens is 559 g/mol. The lowest BCUT2D eigenvalue weighted by atomic mass is 9.91. The van der Waals surface area contributed by atoms with Gasteiger partial charge in [-0.25, -0.2) is 8.42 Å². The van der Waals surface area contributed by atoms with Gasteiger partial charge in [0, 0.05) is 0 Å². The second kappa shape index (κ2) is 8.66. The summed E-state index contributed by atoms with van der Waals surface area (Å²) >= 11 is 0. The minimum Gasteiger partial charge on any atom is -0.302 e. The molecule has 34 heavy (non-hydrogen) atoms. The molecule has 0 saturated carbocycles. The molecule has 0 heterocycles. The van der Waals surface area contributed by atoms with Gasteiger partial charge < -0.3 is 5.32 Å². The molecule has 0 aromatic carbocycles. The van der Waals surface area contributed by atoms with Crippen LogP contribution in [0.25, 0.3) is 0 Å². The first-order valence-electron chi connectivity index (χ1n) is 7.92. The third-order valence-corrected chi connectivity index (χ3v) is 5.47. The summed E-state index contributed by atoms with van der Waals surface area (Å²) in [5.74, 6) is -51.6. The predicted octanol–water partition coefficient (Wildman–Crippen LogP) is 4.83. The largest absolute Gasteiger partial charge is 0.460 e. The summed E-state index contributed by atoms with van der Waals surface area (Å²) in [7, 11) is -7.28. The third kappa shape index (κ3) is 4.37. The predicted molar refractivity (Wildman–Crippen MR) is 75.9 cm³/mol. The number of halogens is 17. The van der Waals surface area contributed by atoms with Gasteiger partial charge in [-0.05, 0) is 13.5 Å². The van der Waals surface area contributed by atoms with Gasteiger partial charge in [0.25, 0.3) is 10.0 Å². The normalized spacial score (nSPS) is 17.1. The number of nitrogens with one attached hydrogen (secondary N) is 2. The zero-order valence-corrected chi connectivity index (χ0v) is 16.8. The lowest BCUT2D eigenvalue weighted by Crippen LogP contribution is -2.75. The van der Waals surface area contributed by atoms with Crippen LogP contribution in [0.4, 0.5) is 74.6 Å². The molecule has 0 aliphatic rings. The molecule has 0 rings (SSSR count). The maximum absolute atomic E-state index is 13.7. The molecule has 22 heteroatoms. The van der Waals surface area contributed by atoms with E-state index in [9.17, 15) is 83.1 Å². The van der Waals surface area contributed by atoms with E-state index in [1.807, 2.05) is 5.32 Å². The Kier molecular flexibility index (Phi) is 8.32. The highest BCUT2D eigenvalue weighted by Crippen LogP contribution is 2.64. The van der Waals surface area contributed by atoms with Gasteiger partial charge in [0.2, 0.25) is 0 Å². The molecule has 0 bridgehead atoms. The second-order valence-corrected chi connectivity index (χ2v) is 8.12. The summed E-state index contributed by atoms with van der Waals surface area (Å²) in [6.07, 6.45) is -9.92. The van der Waals surface area contributed by atoms with Crippen LogP contribution >= 0.6 is 0 Å². The molecule has 2 N–H and O–H groups in total. The molecule has 206 valence electrons. The van der Waals surface area contributed by atoms with Crippen LogP contribution in [-0.2, 0) is 10.0 Å². The van der Waals surface area contributed by atoms with Crippen LogP contribution in [0.3, 0.4) is 0 Å². The van der Waals surface area contributed by atoms with Crippen molar-refractivity contribution in [3.8, 4) is 0 Å². The molecule has 0 amide bonds. The number of hydrogen-bond acceptors (Lipinski definition) is 3. The Hall–Kier alpha value is -1.32. The Morgan fingerprint density at radius 2 is 0.882 bits per heavy atom. The molecule has 0 saturated heterocycles. The molecule has 1 atom stereocenters. The van der Waals surface area contributed by atoms with Crippen molar-refractivity contribution in [1.29, 1.82) is 0 Å². The SMILES string of the molecule is CCNC(C)NS(=O)(=O)C(F)(F)C(F)(F)C(F)(F)C(F)(F)C(F)(F)C(F)(F)C(F)(F)C(F)(F)F. The first-order valence-corrected chi connectivity index (χ1v) is 9.40. The second-order valence-electron chi connectivity index (χ2n) is 6.36. The van der Waals surface area contributed by atoms with Crippen molar-refractivity contribution in [1.82, 2.24) is 10.0 Å². The molecular formula is C12H11F17N2O2S. The van der Waals surface area contributed by atoms with E-state index in [1.165, 1.54) is 0 Å². The van der Waals surface area contributed by atoms with Gasteiger partial charge in [-0.15, -0.1) is 0 Å². The van der Waals surface area contributed by atoms with Crippen molar-refractivity contribution >= 4 is 10.0 Å². The van der Waals surface area contributed by atoms with Crippen molar-refractivity contribution in [3.05, 3.63) is 0 Å². The third-order valence-electron chi connectivity index (χ3n) is 3.87. The molecule has 0 fully saturated rings. The molecule has 0 aliphatic carbocycles. The highest BCUT2D eigenvalue weighted by Gasteiger charge is 2.96. The average Bonchev–Trinajstić information content (AvgIpc) is 2.59. The van der Waals surface area contributed by atoms with Crippen LogP contribution in [0.1, 0.15) is 13.8 Å². The van der Waals surface area contributed by atoms with Crippen molar-refractivity contribution in [2.75, 3.05) is 6.54 Å². The number of hydrogen-bond donors (Lipinski definition) is 2. The summed E-state index contributed by atoms with van der Waals surface area (Å²) in [6.45, 7) is 1.33. The van der Waals surface area contributed by atoms with Crippen LogP contribution in [-0.4, -0.2) is 68.1 Å². The van der Waals surface area contributed by atoms with Crippen LogP contribution in [0.5, 0.6) is 0 Å².